The normalized spacial score (nSPS) is 10.6. The number of amides is 1. The first-order valence-electron chi connectivity index (χ1n) is 9.27. The molecule has 0 bridgehead atoms. The molecule has 2 aromatic heterocycles. The van der Waals surface area contributed by atoms with Gasteiger partial charge < -0.3 is 9.15 Å². The molecule has 1 N–H and O–H groups in total. The number of aromatic nitrogens is 3. The highest BCUT2D eigenvalue weighted by molar-refractivity contribution is 6.01. The maximum Gasteiger partial charge on any atom is 0.293 e. The Labute approximate surface area is 176 Å². The van der Waals surface area contributed by atoms with Gasteiger partial charge in [-0.1, -0.05) is 30.3 Å². The lowest BCUT2D eigenvalue weighted by atomic mass is 10.2. The maximum atomic E-state index is 12.4. The summed E-state index contributed by atoms with van der Waals surface area (Å²) < 4.78 is 12.6. The van der Waals surface area contributed by atoms with Crippen molar-refractivity contribution in [3.05, 3.63) is 100 Å². The fourth-order valence-electron chi connectivity index (χ4n) is 2.76. The fraction of sp³-hybridized carbons (Fsp3) is 0.0952. The van der Waals surface area contributed by atoms with Crippen molar-refractivity contribution in [1.82, 2.24) is 14.8 Å². The van der Waals surface area contributed by atoms with E-state index >= 15 is 0 Å². The van der Waals surface area contributed by atoms with Crippen LogP contribution in [0.25, 0.3) is 0 Å². The van der Waals surface area contributed by atoms with Gasteiger partial charge in [-0.3, -0.25) is 20.2 Å². The summed E-state index contributed by atoms with van der Waals surface area (Å²) in [5, 5.41) is 17.5. The molecule has 2 heterocycles. The smallest absolute Gasteiger partial charge is 0.293 e. The lowest BCUT2D eigenvalue weighted by Crippen LogP contribution is -2.12. The van der Waals surface area contributed by atoms with Crippen LogP contribution in [0.4, 0.5) is 11.6 Å². The Kier molecular flexibility index (Phi) is 5.70. The lowest BCUT2D eigenvalue weighted by Gasteiger charge is -2.03. The number of non-ortho nitro benzene ring substituents is 1. The summed E-state index contributed by atoms with van der Waals surface area (Å²) in [5.41, 5.74) is 1.04. The van der Waals surface area contributed by atoms with Crippen molar-refractivity contribution in [3.63, 3.8) is 0 Å². The van der Waals surface area contributed by atoms with Crippen LogP contribution >= 0.6 is 0 Å². The number of benzene rings is 2. The number of furan rings is 1. The molecule has 10 nitrogen and oxygen atoms in total. The molecule has 156 valence electrons. The number of hydrogen-bond acceptors (Lipinski definition) is 7. The molecule has 0 fully saturated rings. The van der Waals surface area contributed by atoms with Crippen LogP contribution in [0, 0.1) is 10.1 Å². The summed E-state index contributed by atoms with van der Waals surface area (Å²) in [6.45, 7) is 0.601. The van der Waals surface area contributed by atoms with E-state index in [2.05, 4.69) is 15.4 Å². The molecule has 0 aliphatic carbocycles. The third kappa shape index (κ3) is 5.12. The summed E-state index contributed by atoms with van der Waals surface area (Å²) >= 11 is 0. The van der Waals surface area contributed by atoms with Crippen LogP contribution in [0.1, 0.15) is 21.9 Å². The number of anilines is 1. The second-order valence-corrected chi connectivity index (χ2v) is 6.51. The fourth-order valence-corrected chi connectivity index (χ4v) is 2.76. The number of carbonyl (C=O) groups is 1. The molecule has 31 heavy (non-hydrogen) atoms. The quantitative estimate of drug-likeness (QED) is 0.341. The van der Waals surface area contributed by atoms with Crippen molar-refractivity contribution in [2.75, 3.05) is 5.32 Å². The van der Waals surface area contributed by atoms with Gasteiger partial charge >= 0.3 is 0 Å². The van der Waals surface area contributed by atoms with E-state index in [4.69, 9.17) is 9.15 Å². The third-order valence-corrected chi connectivity index (χ3v) is 4.26. The van der Waals surface area contributed by atoms with Crippen LogP contribution in [0.2, 0.25) is 0 Å². The standard InChI is InChI=1S/C21H17N5O5/c27-20(23-21-22-14-25(24-21)12-15-4-2-1-3-5-15)19-11-10-18(31-19)13-30-17-8-6-16(7-9-17)26(28)29/h1-11,14H,12-13H2,(H,23,24,27). The molecule has 1 amide bonds. The molecule has 4 aromatic rings. The van der Waals surface area contributed by atoms with Crippen LogP contribution in [0.3, 0.4) is 0 Å². The van der Waals surface area contributed by atoms with Gasteiger partial charge in [0.1, 0.15) is 24.4 Å². The molecule has 0 radical (unpaired) electrons. The highest BCUT2D eigenvalue weighted by atomic mass is 16.6. The molecule has 10 heteroatoms. The zero-order chi connectivity index (χ0) is 21.6. The Bertz CT molecular complexity index is 1180. The van der Waals surface area contributed by atoms with Crippen LogP contribution in [-0.4, -0.2) is 25.6 Å². The van der Waals surface area contributed by atoms with Crippen LogP contribution in [-0.2, 0) is 13.2 Å². The molecule has 0 aliphatic heterocycles. The number of nitro groups is 1. The number of carbonyl (C=O) groups excluding carboxylic acids is 1. The number of nitrogens with one attached hydrogen (secondary N) is 1. The Morgan fingerprint density at radius 1 is 1.10 bits per heavy atom. The molecule has 2 aromatic carbocycles. The average molecular weight is 419 g/mol. The highest BCUT2D eigenvalue weighted by Crippen LogP contribution is 2.19. The summed E-state index contributed by atoms with van der Waals surface area (Å²) in [6, 6.07) is 18.6. The first kappa shape index (κ1) is 19.8. The molecule has 0 spiro atoms. The second-order valence-electron chi connectivity index (χ2n) is 6.51. The minimum atomic E-state index is -0.487. The number of hydrogen-bond donors (Lipinski definition) is 1. The van der Waals surface area contributed by atoms with Gasteiger partial charge in [0, 0.05) is 12.1 Å². The average Bonchev–Trinajstić information content (AvgIpc) is 3.43. The Balaban J connectivity index is 1.31. The predicted molar refractivity (Wildman–Crippen MR) is 110 cm³/mol. The third-order valence-electron chi connectivity index (χ3n) is 4.26. The zero-order valence-corrected chi connectivity index (χ0v) is 16.2. The molecule has 0 saturated carbocycles. The van der Waals surface area contributed by atoms with Crippen molar-refractivity contribution in [2.24, 2.45) is 0 Å². The maximum absolute atomic E-state index is 12.4. The van der Waals surface area contributed by atoms with Crippen molar-refractivity contribution >= 4 is 17.5 Å². The summed E-state index contributed by atoms with van der Waals surface area (Å²) in [5.74, 6) is 0.633. The largest absolute Gasteiger partial charge is 0.486 e. The molecule has 0 atom stereocenters. The predicted octanol–water partition coefficient (Wildman–Crippen LogP) is 3.66. The van der Waals surface area contributed by atoms with Gasteiger partial charge in [0.15, 0.2) is 5.76 Å². The van der Waals surface area contributed by atoms with Gasteiger partial charge in [-0.05, 0) is 29.8 Å². The highest BCUT2D eigenvalue weighted by Gasteiger charge is 2.14. The monoisotopic (exact) mass is 419 g/mol. The van der Waals surface area contributed by atoms with Gasteiger partial charge in [0.25, 0.3) is 11.6 Å². The minimum Gasteiger partial charge on any atom is -0.486 e. The van der Waals surface area contributed by atoms with E-state index in [9.17, 15) is 14.9 Å². The molecular weight excluding hydrogens is 402 g/mol. The van der Waals surface area contributed by atoms with E-state index in [1.807, 2.05) is 30.3 Å². The van der Waals surface area contributed by atoms with Gasteiger partial charge in [0.2, 0.25) is 5.95 Å². The zero-order valence-electron chi connectivity index (χ0n) is 16.2. The van der Waals surface area contributed by atoms with Crippen LogP contribution in [0.15, 0.2) is 77.5 Å². The number of nitro benzene ring substituents is 1. The van der Waals surface area contributed by atoms with Crippen molar-refractivity contribution in [3.8, 4) is 5.75 Å². The van der Waals surface area contributed by atoms with Crippen molar-refractivity contribution < 1.29 is 18.9 Å². The summed E-state index contributed by atoms with van der Waals surface area (Å²) in [6.07, 6.45) is 1.54. The van der Waals surface area contributed by atoms with Gasteiger partial charge in [-0.15, -0.1) is 5.10 Å². The van der Waals surface area contributed by atoms with E-state index in [-0.39, 0.29) is 24.0 Å². The van der Waals surface area contributed by atoms with Gasteiger partial charge in [-0.25, -0.2) is 9.67 Å². The van der Waals surface area contributed by atoms with Crippen LogP contribution in [0.5, 0.6) is 5.75 Å². The SMILES string of the molecule is O=C(Nc1ncn(Cc2ccccc2)n1)c1ccc(COc2ccc([N+](=O)[O-])cc2)o1. The Hall–Kier alpha value is -4.47. The van der Waals surface area contributed by atoms with E-state index in [1.54, 1.807) is 10.7 Å². The number of nitrogens with zero attached hydrogens (tertiary/aromatic N) is 4. The van der Waals surface area contributed by atoms with Crippen molar-refractivity contribution in [2.45, 2.75) is 13.2 Å². The Morgan fingerprint density at radius 3 is 2.61 bits per heavy atom. The van der Waals surface area contributed by atoms with E-state index in [0.717, 1.165) is 5.56 Å². The Morgan fingerprint density at radius 2 is 1.87 bits per heavy atom. The molecule has 4 rings (SSSR count). The first-order chi connectivity index (χ1) is 15.1. The summed E-state index contributed by atoms with van der Waals surface area (Å²) in [7, 11) is 0. The lowest BCUT2D eigenvalue weighted by molar-refractivity contribution is -0.384. The van der Waals surface area contributed by atoms with Gasteiger partial charge in [0.05, 0.1) is 11.5 Å². The second kappa shape index (κ2) is 8.91. The van der Waals surface area contributed by atoms with Crippen molar-refractivity contribution in [1.29, 1.82) is 0 Å². The molecule has 0 aliphatic rings. The van der Waals surface area contributed by atoms with E-state index in [1.165, 1.54) is 36.7 Å². The van der Waals surface area contributed by atoms with Gasteiger partial charge in [-0.2, -0.15) is 0 Å². The first-order valence-corrected chi connectivity index (χ1v) is 9.27. The van der Waals surface area contributed by atoms with E-state index in [0.29, 0.717) is 18.1 Å². The van der Waals surface area contributed by atoms with E-state index < -0.39 is 10.8 Å². The summed E-state index contributed by atoms with van der Waals surface area (Å²) in [4.78, 5) is 26.6. The number of rotatable bonds is 8. The minimum absolute atomic E-state index is 0.0240. The molecule has 0 saturated heterocycles. The topological polar surface area (TPSA) is 125 Å². The van der Waals surface area contributed by atoms with Crippen LogP contribution < -0.4 is 10.1 Å². The number of ether oxygens (including phenoxy) is 1. The molecular formula is C21H17N5O5. The molecule has 0 unspecified atom stereocenters.